The lowest BCUT2D eigenvalue weighted by atomic mass is 10.1. The quantitative estimate of drug-likeness (QED) is 0.884. The predicted molar refractivity (Wildman–Crippen MR) is 89.7 cm³/mol. The van der Waals surface area contributed by atoms with Crippen LogP contribution in [0.5, 0.6) is 0 Å². The smallest absolute Gasteiger partial charge is 0.132 e. The van der Waals surface area contributed by atoms with E-state index in [1.807, 2.05) is 0 Å². The topological polar surface area (TPSA) is 42.2 Å². The molecule has 1 heterocycles. The number of fused-ring (bicyclic) bond motifs is 1. The molecule has 1 fully saturated rings. The van der Waals surface area contributed by atoms with Crippen LogP contribution in [0.4, 0.5) is 5.82 Å². The van der Waals surface area contributed by atoms with Crippen LogP contribution in [-0.4, -0.2) is 24.1 Å². The Labute approximate surface area is 127 Å². The highest BCUT2D eigenvalue weighted by atomic mass is 15.2. The first-order valence-corrected chi connectivity index (χ1v) is 8.04. The minimum atomic E-state index is 0.468. The molecule has 1 aliphatic carbocycles. The van der Waals surface area contributed by atoms with Gasteiger partial charge in [-0.15, -0.1) is 0 Å². The summed E-state index contributed by atoms with van der Waals surface area (Å²) in [5.74, 6) is 1.99. The number of benzene rings is 1. The molecule has 3 heteroatoms. The van der Waals surface area contributed by atoms with Gasteiger partial charge in [-0.2, -0.15) is 0 Å². The van der Waals surface area contributed by atoms with Gasteiger partial charge in [-0.1, -0.05) is 18.2 Å². The van der Waals surface area contributed by atoms with Crippen molar-refractivity contribution in [1.29, 1.82) is 0 Å². The van der Waals surface area contributed by atoms with E-state index in [1.165, 1.54) is 23.8 Å². The number of rotatable bonds is 6. The van der Waals surface area contributed by atoms with Gasteiger partial charge < -0.3 is 10.6 Å². The van der Waals surface area contributed by atoms with Crippen LogP contribution < -0.4 is 10.6 Å². The molecule has 0 bridgehead atoms. The minimum Gasteiger partial charge on any atom is -0.354 e. The standard InChI is InChI=1S/C18H25N3/c1-13(2)21(12-14-7-8-14)18-16(9-10-19)11-15-5-3-4-6-17(15)20-18/h3-6,11,13-14H,7-10,12,19H2,1-2H3. The van der Waals surface area contributed by atoms with Crippen molar-refractivity contribution in [1.82, 2.24) is 4.98 Å². The van der Waals surface area contributed by atoms with Gasteiger partial charge in [0.05, 0.1) is 5.52 Å². The number of aromatic nitrogens is 1. The van der Waals surface area contributed by atoms with Crippen LogP contribution in [0.2, 0.25) is 0 Å². The second-order valence-corrected chi connectivity index (χ2v) is 6.39. The lowest BCUT2D eigenvalue weighted by Crippen LogP contribution is -2.34. The Morgan fingerprint density at radius 3 is 2.71 bits per heavy atom. The SMILES string of the molecule is CC(C)N(CC1CC1)c1nc2ccccc2cc1CCN. The zero-order valence-corrected chi connectivity index (χ0v) is 13.0. The summed E-state index contributed by atoms with van der Waals surface area (Å²) in [4.78, 5) is 7.43. The Kier molecular flexibility index (Phi) is 4.11. The van der Waals surface area contributed by atoms with Gasteiger partial charge in [-0.25, -0.2) is 4.98 Å². The lowest BCUT2D eigenvalue weighted by Gasteiger charge is -2.30. The van der Waals surface area contributed by atoms with Crippen molar-refractivity contribution in [3.8, 4) is 0 Å². The van der Waals surface area contributed by atoms with Crippen molar-refractivity contribution in [2.75, 3.05) is 18.0 Å². The van der Waals surface area contributed by atoms with E-state index in [0.29, 0.717) is 12.6 Å². The van der Waals surface area contributed by atoms with E-state index in [0.717, 1.165) is 30.2 Å². The third-order valence-electron chi connectivity index (χ3n) is 4.24. The Morgan fingerprint density at radius 2 is 2.05 bits per heavy atom. The Balaban J connectivity index is 2.05. The molecular weight excluding hydrogens is 258 g/mol. The molecule has 1 saturated carbocycles. The first kappa shape index (κ1) is 14.3. The minimum absolute atomic E-state index is 0.468. The van der Waals surface area contributed by atoms with Crippen molar-refractivity contribution >= 4 is 16.7 Å². The fraction of sp³-hybridized carbons (Fsp3) is 0.500. The first-order chi connectivity index (χ1) is 10.2. The number of para-hydroxylation sites is 1. The van der Waals surface area contributed by atoms with Crippen LogP contribution in [0.1, 0.15) is 32.3 Å². The summed E-state index contributed by atoms with van der Waals surface area (Å²) in [5, 5.41) is 1.21. The molecule has 0 atom stereocenters. The highest BCUT2D eigenvalue weighted by molar-refractivity contribution is 5.82. The molecule has 0 unspecified atom stereocenters. The van der Waals surface area contributed by atoms with Crippen LogP contribution in [0, 0.1) is 5.92 Å². The maximum absolute atomic E-state index is 5.82. The first-order valence-electron chi connectivity index (χ1n) is 8.04. The third-order valence-corrected chi connectivity index (χ3v) is 4.24. The van der Waals surface area contributed by atoms with Crippen molar-refractivity contribution in [3.05, 3.63) is 35.9 Å². The van der Waals surface area contributed by atoms with E-state index in [2.05, 4.69) is 49.1 Å². The molecule has 1 aromatic heterocycles. The summed E-state index contributed by atoms with van der Waals surface area (Å²) in [7, 11) is 0. The Hall–Kier alpha value is -1.61. The fourth-order valence-corrected chi connectivity index (χ4v) is 2.86. The Bertz CT molecular complexity index is 617. The van der Waals surface area contributed by atoms with E-state index >= 15 is 0 Å². The summed E-state index contributed by atoms with van der Waals surface area (Å²) in [6.07, 6.45) is 3.62. The van der Waals surface area contributed by atoms with E-state index in [9.17, 15) is 0 Å². The second kappa shape index (κ2) is 6.02. The van der Waals surface area contributed by atoms with Gasteiger partial charge in [-0.05, 0) is 63.3 Å². The number of anilines is 1. The summed E-state index contributed by atoms with van der Waals surface area (Å²) in [6, 6.07) is 11.1. The maximum atomic E-state index is 5.82. The second-order valence-electron chi connectivity index (χ2n) is 6.39. The molecule has 0 saturated heterocycles. The molecule has 2 N–H and O–H groups in total. The van der Waals surface area contributed by atoms with Crippen LogP contribution in [0.25, 0.3) is 10.9 Å². The van der Waals surface area contributed by atoms with Gasteiger partial charge in [-0.3, -0.25) is 0 Å². The van der Waals surface area contributed by atoms with Crippen LogP contribution in [-0.2, 0) is 6.42 Å². The lowest BCUT2D eigenvalue weighted by molar-refractivity contribution is 0.634. The third kappa shape index (κ3) is 3.18. The van der Waals surface area contributed by atoms with Crippen LogP contribution >= 0.6 is 0 Å². The van der Waals surface area contributed by atoms with Gasteiger partial charge in [0.15, 0.2) is 0 Å². The van der Waals surface area contributed by atoms with Crippen molar-refractivity contribution in [2.24, 2.45) is 11.7 Å². The molecule has 0 amide bonds. The molecule has 3 rings (SSSR count). The average Bonchev–Trinajstić information content (AvgIpc) is 3.28. The monoisotopic (exact) mass is 283 g/mol. The highest BCUT2D eigenvalue weighted by Crippen LogP contribution is 2.33. The molecule has 1 aromatic carbocycles. The van der Waals surface area contributed by atoms with E-state index in [-0.39, 0.29) is 0 Å². The van der Waals surface area contributed by atoms with Crippen molar-refractivity contribution in [2.45, 2.75) is 39.2 Å². The zero-order valence-electron chi connectivity index (χ0n) is 13.0. The molecule has 21 heavy (non-hydrogen) atoms. The van der Waals surface area contributed by atoms with Gasteiger partial charge in [0.1, 0.15) is 5.82 Å². The molecule has 2 aromatic rings. The summed E-state index contributed by atoms with van der Waals surface area (Å²) < 4.78 is 0. The number of hydrogen-bond donors (Lipinski definition) is 1. The largest absolute Gasteiger partial charge is 0.354 e. The van der Waals surface area contributed by atoms with E-state index < -0.39 is 0 Å². The summed E-state index contributed by atoms with van der Waals surface area (Å²) >= 11 is 0. The predicted octanol–water partition coefficient (Wildman–Crippen LogP) is 3.36. The molecule has 1 aliphatic rings. The number of hydrogen-bond acceptors (Lipinski definition) is 3. The van der Waals surface area contributed by atoms with Gasteiger partial charge in [0, 0.05) is 18.0 Å². The number of pyridine rings is 1. The van der Waals surface area contributed by atoms with Crippen molar-refractivity contribution in [3.63, 3.8) is 0 Å². The van der Waals surface area contributed by atoms with Gasteiger partial charge in [0.25, 0.3) is 0 Å². The average molecular weight is 283 g/mol. The van der Waals surface area contributed by atoms with Crippen molar-refractivity contribution < 1.29 is 0 Å². The molecule has 0 spiro atoms. The normalized spacial score (nSPS) is 14.9. The molecule has 0 aliphatic heterocycles. The van der Waals surface area contributed by atoms with Gasteiger partial charge >= 0.3 is 0 Å². The Morgan fingerprint density at radius 1 is 1.29 bits per heavy atom. The summed E-state index contributed by atoms with van der Waals surface area (Å²) in [5.41, 5.74) is 8.18. The molecule has 3 nitrogen and oxygen atoms in total. The molecule has 0 radical (unpaired) electrons. The summed E-state index contributed by atoms with van der Waals surface area (Å²) in [6.45, 7) is 6.31. The number of nitrogens with two attached hydrogens (primary N) is 1. The highest BCUT2D eigenvalue weighted by Gasteiger charge is 2.27. The van der Waals surface area contributed by atoms with Gasteiger partial charge in [0.2, 0.25) is 0 Å². The van der Waals surface area contributed by atoms with E-state index in [1.54, 1.807) is 0 Å². The molecular formula is C18H25N3. The number of nitrogens with zero attached hydrogens (tertiary/aromatic N) is 2. The van der Waals surface area contributed by atoms with Crippen LogP contribution in [0.3, 0.4) is 0 Å². The zero-order chi connectivity index (χ0) is 14.8. The molecule has 112 valence electrons. The maximum Gasteiger partial charge on any atom is 0.132 e. The fourth-order valence-electron chi connectivity index (χ4n) is 2.86. The van der Waals surface area contributed by atoms with Crippen LogP contribution in [0.15, 0.2) is 30.3 Å². The van der Waals surface area contributed by atoms with E-state index in [4.69, 9.17) is 10.7 Å².